The predicted octanol–water partition coefficient (Wildman–Crippen LogP) is 2.86. The van der Waals surface area contributed by atoms with Crippen LogP contribution >= 0.6 is 0 Å². The third kappa shape index (κ3) is 1.78. The number of benzene rings is 1. The van der Waals surface area contributed by atoms with Crippen LogP contribution in [0, 0.1) is 12.7 Å². The second-order valence-corrected chi connectivity index (χ2v) is 5.31. The quantitative estimate of drug-likeness (QED) is 0.632. The molecule has 0 aromatic heterocycles. The van der Waals surface area contributed by atoms with Gasteiger partial charge >= 0.3 is 0 Å². The van der Waals surface area contributed by atoms with Crippen molar-refractivity contribution in [3.05, 3.63) is 34.6 Å². The van der Waals surface area contributed by atoms with E-state index in [0.29, 0.717) is 0 Å². The maximum atomic E-state index is 13.5. The Morgan fingerprint density at radius 3 is 2.67 bits per heavy atom. The molecule has 0 N–H and O–H groups in total. The Balaban J connectivity index is 2.58. The first kappa shape index (κ1) is 10.6. The summed E-state index contributed by atoms with van der Waals surface area (Å²) >= 11 is 0. The normalized spacial score (nSPS) is 20.1. The molecule has 0 saturated heterocycles. The molecule has 0 bridgehead atoms. The van der Waals surface area contributed by atoms with E-state index >= 15 is 0 Å². The molecule has 0 radical (unpaired) electrons. The fourth-order valence-electron chi connectivity index (χ4n) is 2.61. The molecule has 0 spiro atoms. The van der Waals surface area contributed by atoms with Crippen LogP contribution in [0.25, 0.3) is 0 Å². The van der Waals surface area contributed by atoms with Crippen LogP contribution in [0.2, 0.25) is 0 Å². The lowest BCUT2D eigenvalue weighted by molar-refractivity contribution is 0.235. The molecule has 1 nitrogen and oxygen atoms in total. The molecular formula is C13H18FN. The highest BCUT2D eigenvalue weighted by atomic mass is 19.1. The average Bonchev–Trinajstić information content (AvgIpc) is 2.07. The molecule has 0 aliphatic carbocycles. The lowest BCUT2D eigenvalue weighted by Gasteiger charge is -2.38. The molecule has 0 amide bonds. The van der Waals surface area contributed by atoms with E-state index in [1.54, 1.807) is 6.07 Å². The molecule has 1 aromatic carbocycles. The van der Waals surface area contributed by atoms with Crippen molar-refractivity contribution in [1.29, 1.82) is 0 Å². The van der Waals surface area contributed by atoms with Gasteiger partial charge in [0, 0.05) is 18.5 Å². The highest BCUT2D eigenvalue weighted by Gasteiger charge is 2.30. The van der Waals surface area contributed by atoms with Gasteiger partial charge in [-0.15, -0.1) is 0 Å². The number of likely N-dealkylation sites (N-methyl/N-ethyl adjacent to an activating group) is 1. The summed E-state index contributed by atoms with van der Waals surface area (Å²) in [5.74, 6) is -0.0774. The van der Waals surface area contributed by atoms with Gasteiger partial charge in [-0.2, -0.15) is 0 Å². The molecule has 2 heteroatoms. The first-order valence-corrected chi connectivity index (χ1v) is 5.38. The smallest absolute Gasteiger partial charge is 0.126 e. The minimum absolute atomic E-state index is 0.0525. The summed E-state index contributed by atoms with van der Waals surface area (Å²) < 4.78 is 13.5. The SMILES string of the molecule is Cc1cc2c(cc1F)C(C)(C)CN(C)C2. The molecule has 0 fully saturated rings. The Bertz CT molecular complexity index is 396. The molecule has 82 valence electrons. The van der Waals surface area contributed by atoms with E-state index in [-0.39, 0.29) is 11.2 Å². The molecule has 1 aromatic rings. The summed E-state index contributed by atoms with van der Waals surface area (Å²) in [6.45, 7) is 8.10. The fraction of sp³-hybridized carbons (Fsp3) is 0.538. The van der Waals surface area contributed by atoms with Crippen LogP contribution in [0.3, 0.4) is 0 Å². The second-order valence-electron chi connectivity index (χ2n) is 5.31. The van der Waals surface area contributed by atoms with Gasteiger partial charge in [-0.3, -0.25) is 0 Å². The Kier molecular flexibility index (Phi) is 2.34. The standard InChI is InChI=1S/C13H18FN/c1-9-5-10-7-15(4)8-13(2,3)11(10)6-12(9)14/h5-6H,7-8H2,1-4H3. The summed E-state index contributed by atoms with van der Waals surface area (Å²) in [7, 11) is 2.11. The lowest BCUT2D eigenvalue weighted by atomic mass is 9.78. The van der Waals surface area contributed by atoms with E-state index in [1.165, 1.54) is 11.1 Å². The van der Waals surface area contributed by atoms with Crippen molar-refractivity contribution in [1.82, 2.24) is 4.90 Å². The third-order valence-electron chi connectivity index (χ3n) is 3.22. The van der Waals surface area contributed by atoms with Crippen molar-refractivity contribution in [3.63, 3.8) is 0 Å². The largest absolute Gasteiger partial charge is 0.301 e. The minimum atomic E-state index is -0.0774. The number of hydrogen-bond acceptors (Lipinski definition) is 1. The monoisotopic (exact) mass is 207 g/mol. The van der Waals surface area contributed by atoms with Crippen LogP contribution in [-0.2, 0) is 12.0 Å². The molecular weight excluding hydrogens is 189 g/mol. The van der Waals surface area contributed by atoms with Crippen LogP contribution in [0.1, 0.15) is 30.5 Å². The molecule has 1 aliphatic heterocycles. The second kappa shape index (κ2) is 3.31. The van der Waals surface area contributed by atoms with Crippen molar-refractivity contribution in [2.45, 2.75) is 32.7 Å². The van der Waals surface area contributed by atoms with Gasteiger partial charge < -0.3 is 4.90 Å². The predicted molar refractivity (Wildman–Crippen MR) is 60.5 cm³/mol. The topological polar surface area (TPSA) is 3.24 Å². The molecule has 0 atom stereocenters. The first-order valence-electron chi connectivity index (χ1n) is 5.38. The van der Waals surface area contributed by atoms with E-state index in [1.807, 2.05) is 13.0 Å². The van der Waals surface area contributed by atoms with E-state index in [2.05, 4.69) is 25.8 Å². The highest BCUT2D eigenvalue weighted by molar-refractivity contribution is 5.39. The van der Waals surface area contributed by atoms with Crippen LogP contribution in [0.15, 0.2) is 12.1 Å². The Hall–Kier alpha value is -0.890. The van der Waals surface area contributed by atoms with Crippen LogP contribution in [-0.4, -0.2) is 18.5 Å². The fourth-order valence-corrected chi connectivity index (χ4v) is 2.61. The maximum Gasteiger partial charge on any atom is 0.126 e. The number of fused-ring (bicyclic) bond motifs is 1. The molecule has 15 heavy (non-hydrogen) atoms. The van der Waals surface area contributed by atoms with Gasteiger partial charge in [0.2, 0.25) is 0 Å². The first-order chi connectivity index (χ1) is 6.90. The van der Waals surface area contributed by atoms with Crippen LogP contribution in [0.5, 0.6) is 0 Å². The summed E-state index contributed by atoms with van der Waals surface area (Å²) in [6.07, 6.45) is 0. The average molecular weight is 207 g/mol. The molecule has 1 heterocycles. The van der Waals surface area contributed by atoms with Gasteiger partial charge in [-0.25, -0.2) is 4.39 Å². The Morgan fingerprint density at radius 1 is 1.33 bits per heavy atom. The Labute approximate surface area is 90.9 Å². The zero-order valence-electron chi connectivity index (χ0n) is 9.89. The van der Waals surface area contributed by atoms with Gasteiger partial charge in [0.25, 0.3) is 0 Å². The van der Waals surface area contributed by atoms with Crippen molar-refractivity contribution in [2.24, 2.45) is 0 Å². The number of halogens is 1. The highest BCUT2D eigenvalue weighted by Crippen LogP contribution is 2.33. The van der Waals surface area contributed by atoms with Crippen molar-refractivity contribution < 1.29 is 4.39 Å². The van der Waals surface area contributed by atoms with E-state index in [0.717, 1.165) is 18.7 Å². The summed E-state index contributed by atoms with van der Waals surface area (Å²) in [5.41, 5.74) is 3.24. The Morgan fingerprint density at radius 2 is 2.00 bits per heavy atom. The van der Waals surface area contributed by atoms with Crippen LogP contribution < -0.4 is 0 Å². The molecule has 0 saturated carbocycles. The molecule has 2 rings (SSSR count). The van der Waals surface area contributed by atoms with Gasteiger partial charge in [-0.05, 0) is 36.7 Å². The summed E-state index contributed by atoms with van der Waals surface area (Å²) in [5, 5.41) is 0. The zero-order valence-corrected chi connectivity index (χ0v) is 9.89. The van der Waals surface area contributed by atoms with E-state index in [9.17, 15) is 4.39 Å². The van der Waals surface area contributed by atoms with Gasteiger partial charge in [-0.1, -0.05) is 19.9 Å². The zero-order chi connectivity index (χ0) is 11.2. The number of hydrogen-bond donors (Lipinski definition) is 0. The van der Waals surface area contributed by atoms with Crippen molar-refractivity contribution >= 4 is 0 Å². The molecule has 0 unspecified atom stereocenters. The van der Waals surface area contributed by atoms with Crippen LogP contribution in [0.4, 0.5) is 4.39 Å². The third-order valence-corrected chi connectivity index (χ3v) is 3.22. The van der Waals surface area contributed by atoms with Gasteiger partial charge in [0.1, 0.15) is 5.82 Å². The van der Waals surface area contributed by atoms with E-state index < -0.39 is 0 Å². The van der Waals surface area contributed by atoms with Crippen molar-refractivity contribution in [2.75, 3.05) is 13.6 Å². The number of aryl methyl sites for hydroxylation is 1. The maximum absolute atomic E-state index is 13.5. The van der Waals surface area contributed by atoms with Crippen molar-refractivity contribution in [3.8, 4) is 0 Å². The lowest BCUT2D eigenvalue weighted by Crippen LogP contribution is -2.40. The molecule has 1 aliphatic rings. The number of nitrogens with zero attached hydrogens (tertiary/aromatic N) is 1. The van der Waals surface area contributed by atoms with E-state index in [4.69, 9.17) is 0 Å². The van der Waals surface area contributed by atoms with Gasteiger partial charge in [0.15, 0.2) is 0 Å². The summed E-state index contributed by atoms with van der Waals surface area (Å²) in [6, 6.07) is 3.71. The minimum Gasteiger partial charge on any atom is -0.301 e. The summed E-state index contributed by atoms with van der Waals surface area (Å²) in [4.78, 5) is 2.29. The van der Waals surface area contributed by atoms with Gasteiger partial charge in [0.05, 0.1) is 0 Å². The number of rotatable bonds is 0.